The van der Waals surface area contributed by atoms with E-state index < -0.39 is 0 Å². The van der Waals surface area contributed by atoms with Gasteiger partial charge < -0.3 is 10.3 Å². The van der Waals surface area contributed by atoms with E-state index in [1.165, 1.54) is 0 Å². The van der Waals surface area contributed by atoms with Crippen molar-refractivity contribution in [1.29, 1.82) is 0 Å². The fraction of sp³-hybridized carbons (Fsp3) is 0.200. The molecule has 5 heteroatoms. The third-order valence-corrected chi connectivity index (χ3v) is 2.89. The maximum absolute atomic E-state index is 5.76. The number of hydrogen-bond donors (Lipinski definition) is 1. The molecule has 0 saturated heterocycles. The van der Waals surface area contributed by atoms with Crippen molar-refractivity contribution in [3.05, 3.63) is 35.9 Å². The molecule has 0 aliphatic carbocycles. The summed E-state index contributed by atoms with van der Waals surface area (Å²) in [6.45, 7) is 1.87. The molecular weight excluding hydrogens is 210 g/mol. The lowest BCUT2D eigenvalue weighted by Crippen LogP contribution is -1.91. The van der Waals surface area contributed by atoms with Gasteiger partial charge in [-0.05, 0) is 19.1 Å². The van der Waals surface area contributed by atoms with Gasteiger partial charge in [-0.3, -0.25) is 0 Å². The number of aromatic nitrogens is 2. The highest BCUT2D eigenvalue weighted by Crippen LogP contribution is 2.25. The SMILES string of the molecule is Cc1cc(CSc2ncccc2N)no1. The van der Waals surface area contributed by atoms with Gasteiger partial charge in [-0.25, -0.2) is 4.98 Å². The number of thioether (sulfide) groups is 1. The molecule has 0 aliphatic heterocycles. The molecule has 78 valence electrons. The average Bonchev–Trinajstić information content (AvgIpc) is 2.63. The predicted octanol–water partition coefficient (Wildman–Crippen LogP) is 2.25. The normalized spacial score (nSPS) is 10.5. The minimum absolute atomic E-state index is 0.697. The van der Waals surface area contributed by atoms with Crippen LogP contribution in [0.25, 0.3) is 0 Å². The second kappa shape index (κ2) is 4.35. The molecule has 2 aromatic rings. The lowest BCUT2D eigenvalue weighted by Gasteiger charge is -2.00. The van der Waals surface area contributed by atoms with Crippen molar-refractivity contribution in [3.63, 3.8) is 0 Å². The molecule has 0 aliphatic rings. The summed E-state index contributed by atoms with van der Waals surface area (Å²) in [6, 6.07) is 5.56. The zero-order valence-corrected chi connectivity index (χ0v) is 9.12. The summed E-state index contributed by atoms with van der Waals surface area (Å²) in [5.41, 5.74) is 7.36. The lowest BCUT2D eigenvalue weighted by atomic mass is 10.4. The van der Waals surface area contributed by atoms with Crippen molar-refractivity contribution in [3.8, 4) is 0 Å². The van der Waals surface area contributed by atoms with Gasteiger partial charge in [-0.1, -0.05) is 16.9 Å². The number of aryl methyl sites for hydroxylation is 1. The second-order valence-corrected chi connectivity index (χ2v) is 4.08. The monoisotopic (exact) mass is 221 g/mol. The van der Waals surface area contributed by atoms with Crippen molar-refractivity contribution in [2.75, 3.05) is 5.73 Å². The lowest BCUT2D eigenvalue weighted by molar-refractivity contribution is 0.393. The smallest absolute Gasteiger partial charge is 0.133 e. The van der Waals surface area contributed by atoms with E-state index in [0.717, 1.165) is 22.2 Å². The molecule has 0 aromatic carbocycles. The summed E-state index contributed by atoms with van der Waals surface area (Å²) < 4.78 is 4.97. The molecule has 15 heavy (non-hydrogen) atoms. The van der Waals surface area contributed by atoms with Crippen LogP contribution in [0.2, 0.25) is 0 Å². The molecular formula is C10H11N3OS. The molecule has 4 nitrogen and oxygen atoms in total. The number of nitrogens with zero attached hydrogens (tertiary/aromatic N) is 2. The van der Waals surface area contributed by atoms with Gasteiger partial charge in [-0.2, -0.15) is 0 Å². The molecule has 0 fully saturated rings. The van der Waals surface area contributed by atoms with Crippen molar-refractivity contribution in [1.82, 2.24) is 10.1 Å². The highest BCUT2D eigenvalue weighted by molar-refractivity contribution is 7.98. The van der Waals surface area contributed by atoms with Gasteiger partial charge in [0.1, 0.15) is 10.8 Å². The van der Waals surface area contributed by atoms with E-state index in [4.69, 9.17) is 10.3 Å². The van der Waals surface area contributed by atoms with E-state index >= 15 is 0 Å². The predicted molar refractivity (Wildman–Crippen MR) is 59.5 cm³/mol. The first-order chi connectivity index (χ1) is 7.25. The number of nitrogens with two attached hydrogens (primary N) is 1. The first-order valence-corrected chi connectivity index (χ1v) is 5.50. The van der Waals surface area contributed by atoms with Gasteiger partial charge in [0, 0.05) is 18.0 Å². The summed E-state index contributed by atoms with van der Waals surface area (Å²) in [5.74, 6) is 1.54. The fourth-order valence-electron chi connectivity index (χ4n) is 1.15. The van der Waals surface area contributed by atoms with Gasteiger partial charge in [0.25, 0.3) is 0 Å². The van der Waals surface area contributed by atoms with Gasteiger partial charge in [0.2, 0.25) is 0 Å². The van der Waals surface area contributed by atoms with E-state index in [1.54, 1.807) is 18.0 Å². The van der Waals surface area contributed by atoms with Crippen LogP contribution in [0.1, 0.15) is 11.5 Å². The van der Waals surface area contributed by atoms with Crippen LogP contribution in [0, 0.1) is 6.92 Å². The van der Waals surface area contributed by atoms with Crippen LogP contribution in [-0.4, -0.2) is 10.1 Å². The van der Waals surface area contributed by atoms with Crippen LogP contribution < -0.4 is 5.73 Å². The van der Waals surface area contributed by atoms with Gasteiger partial charge >= 0.3 is 0 Å². The second-order valence-electron chi connectivity index (χ2n) is 3.12. The standard InChI is InChI=1S/C10H11N3OS/c1-7-5-8(13-14-7)6-15-10-9(11)3-2-4-12-10/h2-5H,6,11H2,1H3. The number of anilines is 1. The van der Waals surface area contributed by atoms with E-state index in [2.05, 4.69) is 10.1 Å². The van der Waals surface area contributed by atoms with Crippen molar-refractivity contribution in [2.24, 2.45) is 0 Å². The maximum Gasteiger partial charge on any atom is 0.133 e. The Balaban J connectivity index is 2.02. The van der Waals surface area contributed by atoms with E-state index in [9.17, 15) is 0 Å². The molecule has 2 aromatic heterocycles. The molecule has 0 spiro atoms. The summed E-state index contributed by atoms with van der Waals surface area (Å²) in [4.78, 5) is 4.18. The first-order valence-electron chi connectivity index (χ1n) is 4.51. The minimum atomic E-state index is 0.697. The van der Waals surface area contributed by atoms with Gasteiger partial charge in [0.15, 0.2) is 0 Å². The van der Waals surface area contributed by atoms with Crippen molar-refractivity contribution < 1.29 is 4.52 Å². The summed E-state index contributed by atoms with van der Waals surface area (Å²) in [6.07, 6.45) is 1.73. The van der Waals surface area contributed by atoms with Crippen LogP contribution in [-0.2, 0) is 5.75 Å². The summed E-state index contributed by atoms with van der Waals surface area (Å²) in [7, 11) is 0. The number of pyridine rings is 1. The minimum Gasteiger partial charge on any atom is -0.397 e. The number of rotatable bonds is 3. The Labute approximate surface area is 91.9 Å². The molecule has 0 saturated carbocycles. The largest absolute Gasteiger partial charge is 0.397 e. The number of hydrogen-bond acceptors (Lipinski definition) is 5. The Morgan fingerprint density at radius 3 is 3.07 bits per heavy atom. The Kier molecular flexibility index (Phi) is 2.91. The molecule has 2 N–H and O–H groups in total. The highest BCUT2D eigenvalue weighted by Gasteiger charge is 2.04. The van der Waals surface area contributed by atoms with Crippen LogP contribution in [0.3, 0.4) is 0 Å². The van der Waals surface area contributed by atoms with Crippen LogP contribution in [0.5, 0.6) is 0 Å². The quantitative estimate of drug-likeness (QED) is 0.805. The first kappa shape index (κ1) is 10.0. The zero-order chi connectivity index (χ0) is 10.7. The van der Waals surface area contributed by atoms with Crippen molar-refractivity contribution >= 4 is 17.4 Å². The Hall–Kier alpha value is -1.49. The molecule has 0 radical (unpaired) electrons. The number of nitrogen functional groups attached to an aromatic ring is 1. The third kappa shape index (κ3) is 2.50. The molecule has 0 unspecified atom stereocenters. The van der Waals surface area contributed by atoms with Gasteiger partial charge in [0.05, 0.1) is 11.4 Å². The fourth-order valence-corrected chi connectivity index (χ4v) is 1.94. The summed E-state index contributed by atoms with van der Waals surface area (Å²) >= 11 is 1.55. The Morgan fingerprint density at radius 2 is 2.40 bits per heavy atom. The van der Waals surface area contributed by atoms with Crippen LogP contribution in [0.4, 0.5) is 5.69 Å². The molecule has 0 bridgehead atoms. The van der Waals surface area contributed by atoms with E-state index in [1.807, 2.05) is 25.1 Å². The maximum atomic E-state index is 5.76. The third-order valence-electron chi connectivity index (χ3n) is 1.83. The van der Waals surface area contributed by atoms with Gasteiger partial charge in [-0.15, -0.1) is 0 Å². The van der Waals surface area contributed by atoms with Crippen molar-refractivity contribution in [2.45, 2.75) is 17.7 Å². The van der Waals surface area contributed by atoms with E-state index in [0.29, 0.717) is 5.69 Å². The molecule has 0 atom stereocenters. The summed E-state index contributed by atoms with van der Waals surface area (Å²) in [5, 5.41) is 4.73. The molecule has 2 heterocycles. The molecule has 2 rings (SSSR count). The highest BCUT2D eigenvalue weighted by atomic mass is 32.2. The average molecular weight is 221 g/mol. The molecule has 0 amide bonds. The van der Waals surface area contributed by atoms with E-state index in [-0.39, 0.29) is 0 Å². The zero-order valence-electron chi connectivity index (χ0n) is 8.30. The Bertz CT molecular complexity index is 455. The Morgan fingerprint density at radius 1 is 1.53 bits per heavy atom. The van der Waals surface area contributed by atoms with Crippen LogP contribution in [0.15, 0.2) is 33.9 Å². The van der Waals surface area contributed by atoms with Crippen LogP contribution >= 0.6 is 11.8 Å². The topological polar surface area (TPSA) is 64.9 Å².